The van der Waals surface area contributed by atoms with Gasteiger partial charge in [-0.1, -0.05) is 18.7 Å². The zero-order valence-corrected chi connectivity index (χ0v) is 16.0. The summed E-state index contributed by atoms with van der Waals surface area (Å²) in [6.07, 6.45) is 5.88. The van der Waals surface area contributed by atoms with Gasteiger partial charge in [-0.15, -0.1) is 11.3 Å². The van der Waals surface area contributed by atoms with Gasteiger partial charge in [0.05, 0.1) is 11.5 Å². The van der Waals surface area contributed by atoms with Crippen molar-refractivity contribution >= 4 is 33.3 Å². The third-order valence-corrected chi connectivity index (χ3v) is 7.38. The van der Waals surface area contributed by atoms with E-state index in [4.69, 9.17) is 9.72 Å². The van der Waals surface area contributed by atoms with E-state index in [0.717, 1.165) is 53.4 Å². The largest absolute Gasteiger partial charge is 0.377 e. The summed E-state index contributed by atoms with van der Waals surface area (Å²) in [4.78, 5) is 20.3. The van der Waals surface area contributed by atoms with Gasteiger partial charge in [-0.25, -0.2) is 4.98 Å². The van der Waals surface area contributed by atoms with Crippen molar-refractivity contribution in [1.82, 2.24) is 9.55 Å². The molecule has 2 aliphatic rings. The van der Waals surface area contributed by atoms with Crippen LogP contribution in [0.25, 0.3) is 10.2 Å². The van der Waals surface area contributed by atoms with Crippen molar-refractivity contribution in [3.05, 3.63) is 20.8 Å². The molecule has 1 saturated heterocycles. The zero-order chi connectivity index (χ0) is 16.7. The van der Waals surface area contributed by atoms with Gasteiger partial charge in [-0.2, -0.15) is 0 Å². The minimum Gasteiger partial charge on any atom is -0.377 e. The fraction of sp³-hybridized carbons (Fsp3) is 0.667. The third-order valence-electron chi connectivity index (χ3n) is 5.12. The summed E-state index contributed by atoms with van der Waals surface area (Å²) in [5.74, 6) is 1.60. The van der Waals surface area contributed by atoms with Crippen LogP contribution in [-0.4, -0.2) is 28.0 Å². The molecule has 0 saturated carbocycles. The summed E-state index contributed by atoms with van der Waals surface area (Å²) in [6.45, 7) is 5.88. The standard InChI is InChI=1S/C18H24N2O2S2/c1-3-20-17(21)15-13-7-6-11(2)9-14(13)24-16(15)19-18(20)23-10-12-5-4-8-22-12/h11-12H,3-10H2,1-2H3/t11-,12-/m1/s1. The molecule has 1 aliphatic carbocycles. The van der Waals surface area contributed by atoms with Gasteiger partial charge in [-0.3, -0.25) is 9.36 Å². The van der Waals surface area contributed by atoms with Gasteiger partial charge in [-0.05, 0) is 50.5 Å². The lowest BCUT2D eigenvalue weighted by Gasteiger charge is -2.17. The first kappa shape index (κ1) is 16.6. The van der Waals surface area contributed by atoms with Crippen molar-refractivity contribution in [3.63, 3.8) is 0 Å². The number of ether oxygens (including phenoxy) is 1. The molecule has 2 aromatic heterocycles. The van der Waals surface area contributed by atoms with Gasteiger partial charge >= 0.3 is 0 Å². The van der Waals surface area contributed by atoms with Crippen LogP contribution in [0.1, 0.15) is 43.6 Å². The highest BCUT2D eigenvalue weighted by Crippen LogP contribution is 2.36. The topological polar surface area (TPSA) is 44.1 Å². The van der Waals surface area contributed by atoms with E-state index in [1.165, 1.54) is 16.9 Å². The summed E-state index contributed by atoms with van der Waals surface area (Å²) in [5, 5.41) is 1.75. The fourth-order valence-corrected chi connectivity index (χ4v) is 6.29. The van der Waals surface area contributed by atoms with Gasteiger partial charge in [0.2, 0.25) is 0 Å². The van der Waals surface area contributed by atoms with E-state index in [1.807, 2.05) is 11.5 Å². The van der Waals surface area contributed by atoms with Crippen molar-refractivity contribution < 1.29 is 4.74 Å². The molecule has 130 valence electrons. The SMILES string of the molecule is CCn1c(SC[C@H]2CCCO2)nc2sc3c(c2c1=O)CC[C@@H](C)C3. The van der Waals surface area contributed by atoms with Crippen molar-refractivity contribution in [2.75, 3.05) is 12.4 Å². The maximum atomic E-state index is 13.1. The average molecular weight is 365 g/mol. The molecule has 4 rings (SSSR count). The number of aryl methyl sites for hydroxylation is 1. The maximum absolute atomic E-state index is 13.1. The van der Waals surface area contributed by atoms with Crippen LogP contribution in [0.3, 0.4) is 0 Å². The molecule has 2 aromatic rings. The van der Waals surface area contributed by atoms with E-state index in [9.17, 15) is 4.79 Å². The van der Waals surface area contributed by atoms with Crippen molar-refractivity contribution in [3.8, 4) is 0 Å². The molecule has 0 radical (unpaired) electrons. The molecular formula is C18H24N2O2S2. The first-order valence-corrected chi connectivity index (χ1v) is 10.8. The highest BCUT2D eigenvalue weighted by Gasteiger charge is 2.25. The number of hydrogen-bond donors (Lipinski definition) is 0. The monoisotopic (exact) mass is 364 g/mol. The highest BCUT2D eigenvalue weighted by atomic mass is 32.2. The second kappa shape index (κ2) is 6.81. The maximum Gasteiger partial charge on any atom is 0.263 e. The van der Waals surface area contributed by atoms with Gasteiger partial charge in [0.1, 0.15) is 4.83 Å². The molecule has 0 unspecified atom stereocenters. The first-order chi connectivity index (χ1) is 11.7. The molecule has 3 heterocycles. The van der Waals surface area contributed by atoms with E-state index in [-0.39, 0.29) is 5.56 Å². The first-order valence-electron chi connectivity index (χ1n) is 8.96. The predicted molar refractivity (Wildman–Crippen MR) is 100 cm³/mol. The van der Waals surface area contributed by atoms with E-state index in [1.54, 1.807) is 23.1 Å². The molecule has 0 amide bonds. The summed E-state index contributed by atoms with van der Waals surface area (Å²) < 4.78 is 7.56. The molecule has 6 heteroatoms. The Bertz CT molecular complexity index is 805. The Kier molecular flexibility index (Phi) is 4.71. The van der Waals surface area contributed by atoms with Gasteiger partial charge in [0.15, 0.2) is 5.16 Å². The lowest BCUT2D eigenvalue weighted by Crippen LogP contribution is -2.24. The summed E-state index contributed by atoms with van der Waals surface area (Å²) >= 11 is 3.42. The second-order valence-electron chi connectivity index (χ2n) is 6.92. The van der Waals surface area contributed by atoms with E-state index < -0.39 is 0 Å². The minimum absolute atomic E-state index is 0.157. The normalized spacial score (nSPS) is 23.8. The molecular weight excluding hydrogens is 340 g/mol. The second-order valence-corrected chi connectivity index (χ2v) is 8.99. The quantitative estimate of drug-likeness (QED) is 0.610. The van der Waals surface area contributed by atoms with Crippen LogP contribution in [-0.2, 0) is 24.1 Å². The van der Waals surface area contributed by atoms with Crippen molar-refractivity contribution in [2.45, 2.75) is 63.8 Å². The number of hydrogen-bond acceptors (Lipinski definition) is 5. The molecule has 0 bridgehead atoms. The Morgan fingerprint density at radius 3 is 3.04 bits per heavy atom. The minimum atomic E-state index is 0.157. The molecule has 1 aliphatic heterocycles. The Balaban J connectivity index is 1.73. The number of rotatable bonds is 4. The van der Waals surface area contributed by atoms with E-state index >= 15 is 0 Å². The number of aromatic nitrogens is 2. The van der Waals surface area contributed by atoms with Crippen LogP contribution in [0.5, 0.6) is 0 Å². The summed E-state index contributed by atoms with van der Waals surface area (Å²) in [5.41, 5.74) is 1.44. The lowest BCUT2D eigenvalue weighted by atomic mass is 9.89. The van der Waals surface area contributed by atoms with Crippen LogP contribution in [0.15, 0.2) is 9.95 Å². The molecule has 1 fully saturated rings. The van der Waals surface area contributed by atoms with E-state index in [0.29, 0.717) is 18.6 Å². The zero-order valence-electron chi connectivity index (χ0n) is 14.3. The summed E-state index contributed by atoms with van der Waals surface area (Å²) in [7, 11) is 0. The number of thiophene rings is 1. The Labute approximate surface area is 150 Å². The van der Waals surface area contributed by atoms with Crippen LogP contribution in [0.4, 0.5) is 0 Å². The molecule has 0 aromatic carbocycles. The van der Waals surface area contributed by atoms with Crippen molar-refractivity contribution in [2.24, 2.45) is 5.92 Å². The van der Waals surface area contributed by atoms with Gasteiger partial charge < -0.3 is 4.74 Å². The number of thioether (sulfide) groups is 1. The summed E-state index contributed by atoms with van der Waals surface area (Å²) in [6, 6.07) is 0. The smallest absolute Gasteiger partial charge is 0.263 e. The highest BCUT2D eigenvalue weighted by molar-refractivity contribution is 7.99. The third kappa shape index (κ3) is 2.93. The van der Waals surface area contributed by atoms with Crippen LogP contribution in [0.2, 0.25) is 0 Å². The van der Waals surface area contributed by atoms with Crippen LogP contribution < -0.4 is 5.56 Å². The molecule has 24 heavy (non-hydrogen) atoms. The van der Waals surface area contributed by atoms with Gasteiger partial charge in [0, 0.05) is 23.8 Å². The predicted octanol–water partition coefficient (Wildman–Crippen LogP) is 3.87. The average Bonchev–Trinajstić information content (AvgIpc) is 3.19. The fourth-order valence-electron chi connectivity index (χ4n) is 3.74. The molecule has 2 atom stereocenters. The Morgan fingerprint density at radius 2 is 2.29 bits per heavy atom. The Morgan fingerprint density at radius 1 is 1.42 bits per heavy atom. The van der Waals surface area contributed by atoms with E-state index in [2.05, 4.69) is 6.92 Å². The number of nitrogens with zero attached hydrogens (tertiary/aromatic N) is 2. The Hall–Kier alpha value is -0.850. The van der Waals surface area contributed by atoms with Crippen LogP contribution in [0, 0.1) is 5.92 Å². The lowest BCUT2D eigenvalue weighted by molar-refractivity contribution is 0.129. The van der Waals surface area contributed by atoms with Gasteiger partial charge in [0.25, 0.3) is 5.56 Å². The molecule has 4 nitrogen and oxygen atoms in total. The molecule has 0 N–H and O–H groups in total. The van der Waals surface area contributed by atoms with Crippen molar-refractivity contribution in [1.29, 1.82) is 0 Å². The molecule has 0 spiro atoms. The number of fused-ring (bicyclic) bond motifs is 3. The van der Waals surface area contributed by atoms with Crippen LogP contribution >= 0.6 is 23.1 Å².